The molecule has 6 heteroatoms. The number of terminal acetylenes is 1. The van der Waals surface area contributed by atoms with E-state index in [0.717, 1.165) is 32.1 Å². The lowest BCUT2D eigenvalue weighted by atomic mass is 9.95. The Morgan fingerprint density at radius 2 is 1.81 bits per heavy atom. The summed E-state index contributed by atoms with van der Waals surface area (Å²) in [7, 11) is 0. The number of ether oxygens (including phenoxy) is 3. The third-order valence-corrected chi connectivity index (χ3v) is 4.61. The van der Waals surface area contributed by atoms with Crippen molar-refractivity contribution in [2.75, 3.05) is 6.61 Å². The first-order chi connectivity index (χ1) is 12.9. The number of carbonyl (C=O) groups is 3. The average Bonchev–Trinajstić information content (AvgIpc) is 2.94. The predicted octanol–water partition coefficient (Wildman–Crippen LogP) is 3.56. The Bertz CT molecular complexity index is 521. The molecule has 0 unspecified atom stereocenters. The smallest absolute Gasteiger partial charge is 0.309 e. The van der Waals surface area contributed by atoms with Crippen LogP contribution in [0.3, 0.4) is 0 Å². The molecule has 3 atom stereocenters. The summed E-state index contributed by atoms with van der Waals surface area (Å²) in [6.07, 6.45) is 14.0. The molecule has 152 valence electrons. The summed E-state index contributed by atoms with van der Waals surface area (Å²) in [4.78, 5) is 34.3. The van der Waals surface area contributed by atoms with Crippen LogP contribution >= 0.6 is 0 Å². The van der Waals surface area contributed by atoms with Crippen molar-refractivity contribution in [1.82, 2.24) is 0 Å². The van der Waals surface area contributed by atoms with Gasteiger partial charge in [-0.05, 0) is 25.7 Å². The molecule has 27 heavy (non-hydrogen) atoms. The molecule has 0 amide bonds. The summed E-state index contributed by atoms with van der Waals surface area (Å²) in [5.41, 5.74) is 0. The van der Waals surface area contributed by atoms with E-state index in [1.807, 2.05) is 0 Å². The molecule has 1 fully saturated rings. The van der Waals surface area contributed by atoms with Crippen molar-refractivity contribution in [1.29, 1.82) is 0 Å². The van der Waals surface area contributed by atoms with Crippen molar-refractivity contribution in [3.63, 3.8) is 0 Å². The van der Waals surface area contributed by atoms with Gasteiger partial charge in [-0.3, -0.25) is 14.4 Å². The van der Waals surface area contributed by atoms with Crippen molar-refractivity contribution in [2.24, 2.45) is 5.92 Å². The third-order valence-electron chi connectivity index (χ3n) is 4.61. The summed E-state index contributed by atoms with van der Waals surface area (Å²) in [5, 5.41) is 0. The van der Waals surface area contributed by atoms with Crippen LogP contribution in [0, 0.1) is 18.3 Å². The summed E-state index contributed by atoms with van der Waals surface area (Å²) in [6.45, 7) is 2.55. The number of esters is 3. The van der Waals surface area contributed by atoms with E-state index < -0.39 is 18.0 Å². The molecule has 1 aliphatic rings. The van der Waals surface area contributed by atoms with Gasteiger partial charge in [-0.2, -0.15) is 0 Å². The molecule has 0 radical (unpaired) electrons. The third kappa shape index (κ3) is 10.6. The maximum Gasteiger partial charge on any atom is 0.309 e. The Labute approximate surface area is 162 Å². The number of hydrogen-bond acceptors (Lipinski definition) is 6. The highest BCUT2D eigenvalue weighted by Gasteiger charge is 2.36. The Hall–Kier alpha value is -2.03. The molecule has 0 bridgehead atoms. The van der Waals surface area contributed by atoms with Crippen LogP contribution in [0.25, 0.3) is 0 Å². The zero-order valence-corrected chi connectivity index (χ0v) is 16.5. The van der Waals surface area contributed by atoms with E-state index in [1.165, 1.54) is 33.1 Å². The van der Waals surface area contributed by atoms with E-state index in [1.54, 1.807) is 0 Å². The second-order valence-electron chi connectivity index (χ2n) is 7.13. The van der Waals surface area contributed by atoms with Gasteiger partial charge < -0.3 is 14.2 Å². The summed E-state index contributed by atoms with van der Waals surface area (Å²) >= 11 is 0. The van der Waals surface area contributed by atoms with Gasteiger partial charge in [0.2, 0.25) is 0 Å². The first kappa shape index (κ1) is 23.0. The van der Waals surface area contributed by atoms with Gasteiger partial charge in [0.15, 0.2) is 0 Å². The van der Waals surface area contributed by atoms with Gasteiger partial charge in [0.25, 0.3) is 0 Å². The lowest BCUT2D eigenvalue weighted by Gasteiger charge is -2.18. The minimum atomic E-state index is -0.620. The molecule has 0 saturated carbocycles. The van der Waals surface area contributed by atoms with Gasteiger partial charge in [-0.25, -0.2) is 0 Å². The monoisotopic (exact) mass is 380 g/mol. The first-order valence-corrected chi connectivity index (χ1v) is 9.87. The largest absolute Gasteiger partial charge is 0.462 e. The van der Waals surface area contributed by atoms with Crippen LogP contribution in [0.15, 0.2) is 0 Å². The minimum Gasteiger partial charge on any atom is -0.462 e. The molecule has 0 aromatic heterocycles. The fraction of sp³-hybridized carbons (Fsp3) is 0.762. The molecular weight excluding hydrogens is 348 g/mol. The number of carbonyl (C=O) groups excluding carboxylic acids is 3. The topological polar surface area (TPSA) is 78.9 Å². The lowest BCUT2D eigenvalue weighted by Crippen LogP contribution is -2.27. The molecule has 0 aromatic carbocycles. The highest BCUT2D eigenvalue weighted by atomic mass is 16.6. The van der Waals surface area contributed by atoms with Gasteiger partial charge in [0.05, 0.1) is 5.92 Å². The van der Waals surface area contributed by atoms with Crippen LogP contribution < -0.4 is 0 Å². The zero-order chi connectivity index (χ0) is 20.1. The van der Waals surface area contributed by atoms with E-state index in [0.29, 0.717) is 12.8 Å². The van der Waals surface area contributed by atoms with Crippen molar-refractivity contribution < 1.29 is 28.6 Å². The molecule has 0 N–H and O–H groups in total. The number of unbranched alkanes of at least 4 members (excludes halogenated alkanes) is 6. The van der Waals surface area contributed by atoms with Gasteiger partial charge in [0, 0.05) is 26.7 Å². The molecule has 0 spiro atoms. The maximum absolute atomic E-state index is 12.1. The Morgan fingerprint density at radius 1 is 1.15 bits per heavy atom. The number of hydrogen-bond donors (Lipinski definition) is 0. The van der Waals surface area contributed by atoms with Crippen LogP contribution in [0.4, 0.5) is 0 Å². The van der Waals surface area contributed by atoms with Crippen LogP contribution in [-0.4, -0.2) is 36.7 Å². The van der Waals surface area contributed by atoms with Crippen LogP contribution in [0.5, 0.6) is 0 Å². The summed E-state index contributed by atoms with van der Waals surface area (Å²) in [6, 6.07) is 0. The van der Waals surface area contributed by atoms with Gasteiger partial charge in [-0.1, -0.05) is 25.7 Å². The minimum absolute atomic E-state index is 0.0387. The standard InChI is InChI=1S/C21H32O6/c1-4-5-6-7-8-9-10-11-12-19-13-18(21(24)27-19)14-20(26-17(3)23)15-25-16(2)22/h1,18-20H,5-15H2,2-3H3/t18-,19+,20+/m1/s1. The Balaban J connectivity index is 2.27. The average molecular weight is 380 g/mol. The lowest BCUT2D eigenvalue weighted by molar-refractivity contribution is -0.158. The first-order valence-electron chi connectivity index (χ1n) is 9.87. The van der Waals surface area contributed by atoms with Crippen LogP contribution in [0.1, 0.15) is 78.1 Å². The molecule has 0 aliphatic carbocycles. The van der Waals surface area contributed by atoms with Crippen molar-refractivity contribution in [3.05, 3.63) is 0 Å². The van der Waals surface area contributed by atoms with Gasteiger partial charge in [0.1, 0.15) is 18.8 Å². The second kappa shape index (κ2) is 13.2. The van der Waals surface area contributed by atoms with E-state index >= 15 is 0 Å². The molecule has 6 nitrogen and oxygen atoms in total. The van der Waals surface area contributed by atoms with E-state index in [-0.39, 0.29) is 24.6 Å². The predicted molar refractivity (Wildman–Crippen MR) is 101 cm³/mol. The summed E-state index contributed by atoms with van der Waals surface area (Å²) in [5.74, 6) is 1.17. The Kier molecular flexibility index (Phi) is 11.2. The molecule has 1 aliphatic heterocycles. The Morgan fingerprint density at radius 3 is 2.44 bits per heavy atom. The summed E-state index contributed by atoms with van der Waals surface area (Å²) < 4.78 is 15.5. The maximum atomic E-state index is 12.1. The molecule has 0 aromatic rings. The van der Waals surface area contributed by atoms with E-state index in [4.69, 9.17) is 20.6 Å². The zero-order valence-electron chi connectivity index (χ0n) is 16.5. The van der Waals surface area contributed by atoms with Gasteiger partial charge in [-0.15, -0.1) is 12.3 Å². The second-order valence-corrected chi connectivity index (χ2v) is 7.13. The number of cyclic esters (lactones) is 1. The molecular formula is C21H32O6. The fourth-order valence-electron chi connectivity index (χ4n) is 3.31. The normalized spacial score (nSPS) is 19.8. The number of rotatable bonds is 13. The van der Waals surface area contributed by atoms with Gasteiger partial charge >= 0.3 is 17.9 Å². The van der Waals surface area contributed by atoms with Crippen LogP contribution in [0.2, 0.25) is 0 Å². The SMILES string of the molecule is C#CCCCCCCCC[C@H]1C[C@H](C[C@@H](COC(C)=O)OC(C)=O)C(=O)O1. The molecule has 1 heterocycles. The van der Waals surface area contributed by atoms with Crippen molar-refractivity contribution in [3.8, 4) is 12.3 Å². The van der Waals surface area contributed by atoms with Crippen molar-refractivity contribution in [2.45, 2.75) is 90.3 Å². The highest BCUT2D eigenvalue weighted by molar-refractivity contribution is 5.74. The highest BCUT2D eigenvalue weighted by Crippen LogP contribution is 2.29. The fourth-order valence-corrected chi connectivity index (χ4v) is 3.31. The van der Waals surface area contributed by atoms with E-state index in [9.17, 15) is 14.4 Å². The molecule has 1 saturated heterocycles. The quantitative estimate of drug-likeness (QED) is 0.210. The van der Waals surface area contributed by atoms with Crippen LogP contribution in [-0.2, 0) is 28.6 Å². The van der Waals surface area contributed by atoms with E-state index in [2.05, 4.69) is 5.92 Å². The van der Waals surface area contributed by atoms with Crippen molar-refractivity contribution >= 4 is 17.9 Å². The molecule has 1 rings (SSSR count).